The molecule has 53 heavy (non-hydrogen) atoms. The lowest BCUT2D eigenvalue weighted by atomic mass is 9.93. The predicted octanol–water partition coefficient (Wildman–Crippen LogP) is 6.84. The number of amides is 2. The topological polar surface area (TPSA) is 173 Å². The highest BCUT2D eigenvalue weighted by molar-refractivity contribution is 5.85. The fourth-order valence-corrected chi connectivity index (χ4v) is 5.78. The van der Waals surface area contributed by atoms with Crippen LogP contribution in [0.2, 0.25) is 0 Å². The normalized spacial score (nSPS) is 14.8. The van der Waals surface area contributed by atoms with E-state index in [-0.39, 0.29) is 43.5 Å². The molecule has 2 aliphatic carbocycles. The fourth-order valence-electron chi connectivity index (χ4n) is 5.78. The van der Waals surface area contributed by atoms with Crippen LogP contribution in [0.5, 0.6) is 0 Å². The summed E-state index contributed by atoms with van der Waals surface area (Å²) in [6.45, 7) is 0.517. The Kier molecular flexibility index (Phi) is 15.5. The number of halogens is 3. The van der Waals surface area contributed by atoms with Crippen molar-refractivity contribution in [3.63, 3.8) is 0 Å². The number of rotatable bonds is 7. The third-order valence-corrected chi connectivity index (χ3v) is 8.50. The Balaban J connectivity index is 0.000000196. The number of aromatic nitrogens is 3. The van der Waals surface area contributed by atoms with Crippen LogP contribution in [-0.4, -0.2) is 45.0 Å². The zero-order chi connectivity index (χ0) is 36.7. The van der Waals surface area contributed by atoms with Crippen LogP contribution in [0.25, 0.3) is 11.0 Å². The molecule has 2 aliphatic rings. The number of nitrogen functional groups attached to an aromatic ring is 1. The van der Waals surface area contributed by atoms with E-state index in [0.29, 0.717) is 30.5 Å². The standard InChI is InChI=1S/C19H18FN3O2.C14H17NO3.C5H6FN3.ClH/c20-17-9-8-16-18(23-17)14-10-13(6-7-15(14)22-16)21-19(24)25-11-12-4-2-1-3-5-12;16-13-8-6-12(7-9-13)15-14(17)18-10-11-4-2-1-3-5-11;6-5-2-1-4(9-7)3-8-5;/h1-5,8-9,13,22H,6-7,10-11H2,(H,21,24);1-5,12H,6-10H2,(H,15,17);1-3,9H,7H2;1H. The number of carbonyl (C=O) groups is 3. The molecule has 1 fully saturated rings. The maximum absolute atomic E-state index is 13.4. The molecule has 280 valence electrons. The van der Waals surface area contributed by atoms with Gasteiger partial charge in [-0.1, -0.05) is 60.7 Å². The Morgan fingerprint density at radius 2 is 1.34 bits per heavy atom. The Bertz CT molecular complexity index is 1910. The SMILES string of the molecule is Cl.NNc1ccc(F)nc1.O=C(NC1CCc2[nH]c3ccc(F)nc3c2C1)OCc1ccccc1.O=C1CCC(NC(=O)OCc2ccccc2)CC1. The number of benzene rings is 2. The van der Waals surface area contributed by atoms with Crippen LogP contribution in [0.4, 0.5) is 24.1 Å². The number of nitrogens with one attached hydrogen (secondary N) is 4. The number of nitrogens with two attached hydrogens (primary N) is 1. The summed E-state index contributed by atoms with van der Waals surface area (Å²) in [5.41, 5.74) is 8.37. The lowest BCUT2D eigenvalue weighted by molar-refractivity contribution is -0.120. The number of fused-ring (bicyclic) bond motifs is 3. The summed E-state index contributed by atoms with van der Waals surface area (Å²) in [5, 5.41) is 5.70. The van der Waals surface area contributed by atoms with E-state index in [1.54, 1.807) is 6.07 Å². The Labute approximate surface area is 311 Å². The van der Waals surface area contributed by atoms with Gasteiger partial charge in [0, 0.05) is 36.2 Å². The molecule has 5 aromatic rings. The summed E-state index contributed by atoms with van der Waals surface area (Å²) < 4.78 is 35.9. The number of nitrogens with zero attached hydrogens (tertiary/aromatic N) is 2. The highest BCUT2D eigenvalue weighted by Crippen LogP contribution is 2.28. The molecule has 1 atom stereocenters. The summed E-state index contributed by atoms with van der Waals surface area (Å²) in [5.74, 6) is 4.27. The molecule has 6 N–H and O–H groups in total. The van der Waals surface area contributed by atoms with E-state index in [4.69, 9.17) is 15.3 Å². The van der Waals surface area contributed by atoms with E-state index >= 15 is 0 Å². The number of pyridine rings is 2. The predicted molar refractivity (Wildman–Crippen MR) is 198 cm³/mol. The first-order chi connectivity index (χ1) is 25.2. The monoisotopic (exact) mass is 749 g/mol. The van der Waals surface area contributed by atoms with Crippen LogP contribution < -0.4 is 21.9 Å². The first kappa shape index (κ1) is 40.2. The Morgan fingerprint density at radius 1 is 0.774 bits per heavy atom. The number of hydrogen-bond acceptors (Lipinski definition) is 9. The number of hydrogen-bond donors (Lipinski definition) is 5. The maximum atomic E-state index is 13.4. The summed E-state index contributed by atoms with van der Waals surface area (Å²) in [7, 11) is 0. The van der Waals surface area contributed by atoms with Crippen LogP contribution in [-0.2, 0) is 40.3 Å². The second-order valence-corrected chi connectivity index (χ2v) is 12.3. The largest absolute Gasteiger partial charge is 0.445 e. The number of anilines is 1. The van der Waals surface area contributed by atoms with Crippen molar-refractivity contribution >= 4 is 47.1 Å². The molecule has 1 unspecified atom stereocenters. The van der Waals surface area contributed by atoms with E-state index in [2.05, 4.69) is 31.0 Å². The van der Waals surface area contributed by atoms with Crippen LogP contribution in [0, 0.1) is 11.9 Å². The van der Waals surface area contributed by atoms with Crippen LogP contribution in [0.15, 0.2) is 91.1 Å². The van der Waals surface area contributed by atoms with E-state index in [9.17, 15) is 23.2 Å². The molecular formula is C38H42ClF2N7O5. The maximum Gasteiger partial charge on any atom is 0.407 e. The number of ether oxygens (including phenoxy) is 2. The van der Waals surface area contributed by atoms with Crippen LogP contribution >= 0.6 is 12.4 Å². The molecule has 0 radical (unpaired) electrons. The van der Waals surface area contributed by atoms with Gasteiger partial charge in [0.25, 0.3) is 0 Å². The molecule has 3 heterocycles. The average molecular weight is 750 g/mol. The lowest BCUT2D eigenvalue weighted by Gasteiger charge is -2.23. The van der Waals surface area contributed by atoms with Crippen molar-refractivity contribution in [1.82, 2.24) is 25.6 Å². The van der Waals surface area contributed by atoms with Gasteiger partial charge >= 0.3 is 12.2 Å². The Hall–Kier alpha value is -5.60. The van der Waals surface area contributed by atoms with Gasteiger partial charge in [-0.25, -0.2) is 19.6 Å². The van der Waals surface area contributed by atoms with E-state index in [0.717, 1.165) is 53.6 Å². The molecular weight excluding hydrogens is 708 g/mol. The molecule has 0 spiro atoms. The molecule has 2 amide bonds. The number of carbonyl (C=O) groups excluding carboxylic acids is 3. The van der Waals surface area contributed by atoms with Gasteiger partial charge in [-0.15, -0.1) is 12.4 Å². The van der Waals surface area contributed by atoms with E-state index in [1.807, 2.05) is 60.7 Å². The number of Topliss-reactive ketones (excluding diaryl/α,β-unsaturated/α-hetero) is 1. The minimum Gasteiger partial charge on any atom is -0.445 e. The molecule has 15 heteroatoms. The number of ketones is 1. The zero-order valence-electron chi connectivity index (χ0n) is 28.9. The summed E-state index contributed by atoms with van der Waals surface area (Å²) in [6.07, 6.45) is 5.25. The first-order valence-corrected chi connectivity index (χ1v) is 17.0. The smallest absolute Gasteiger partial charge is 0.407 e. The second kappa shape index (κ2) is 20.4. The van der Waals surface area contributed by atoms with Gasteiger partial charge in [-0.05, 0) is 67.5 Å². The van der Waals surface area contributed by atoms with Gasteiger partial charge < -0.3 is 30.5 Å². The summed E-state index contributed by atoms with van der Waals surface area (Å²) >= 11 is 0. The second-order valence-electron chi connectivity index (χ2n) is 12.3. The van der Waals surface area contributed by atoms with Crippen LogP contribution in [0.1, 0.15) is 54.5 Å². The van der Waals surface area contributed by atoms with Crippen molar-refractivity contribution in [3.8, 4) is 0 Å². The molecule has 3 aromatic heterocycles. The molecule has 12 nitrogen and oxygen atoms in total. The van der Waals surface area contributed by atoms with Gasteiger partial charge in [0.15, 0.2) is 0 Å². The minimum absolute atomic E-state index is 0. The Morgan fingerprint density at radius 3 is 1.91 bits per heavy atom. The third kappa shape index (κ3) is 12.8. The highest BCUT2D eigenvalue weighted by atomic mass is 35.5. The minimum atomic E-state index is -0.506. The van der Waals surface area contributed by atoms with E-state index in [1.165, 1.54) is 24.4 Å². The molecule has 7 rings (SSSR count). The summed E-state index contributed by atoms with van der Waals surface area (Å²) in [4.78, 5) is 45.3. The molecule has 0 aliphatic heterocycles. The van der Waals surface area contributed by atoms with Gasteiger partial charge in [0.1, 0.15) is 19.0 Å². The quantitative estimate of drug-likeness (QED) is 0.0679. The molecule has 2 aromatic carbocycles. The summed E-state index contributed by atoms with van der Waals surface area (Å²) in [6, 6.07) is 24.9. The van der Waals surface area contributed by atoms with Crippen molar-refractivity contribution in [2.45, 2.75) is 70.2 Å². The molecule has 0 saturated heterocycles. The van der Waals surface area contributed by atoms with Crippen molar-refractivity contribution < 1.29 is 32.6 Å². The van der Waals surface area contributed by atoms with Crippen molar-refractivity contribution in [2.75, 3.05) is 5.43 Å². The van der Waals surface area contributed by atoms with Crippen molar-refractivity contribution in [2.24, 2.45) is 5.84 Å². The lowest BCUT2D eigenvalue weighted by Crippen LogP contribution is -2.39. The molecule has 0 bridgehead atoms. The van der Waals surface area contributed by atoms with Gasteiger partial charge in [0.2, 0.25) is 11.9 Å². The van der Waals surface area contributed by atoms with Crippen molar-refractivity contribution in [1.29, 1.82) is 0 Å². The van der Waals surface area contributed by atoms with Gasteiger partial charge in [-0.2, -0.15) is 8.78 Å². The van der Waals surface area contributed by atoms with Crippen LogP contribution in [0.3, 0.4) is 0 Å². The van der Waals surface area contributed by atoms with E-state index < -0.39 is 24.1 Å². The highest BCUT2D eigenvalue weighted by Gasteiger charge is 2.25. The fraction of sp³-hybridized carbons (Fsp3) is 0.289. The number of aryl methyl sites for hydroxylation is 1. The zero-order valence-corrected chi connectivity index (χ0v) is 29.7. The average Bonchev–Trinajstić information content (AvgIpc) is 3.53. The number of hydrazine groups is 1. The van der Waals surface area contributed by atoms with Gasteiger partial charge in [-0.3, -0.25) is 10.6 Å². The van der Waals surface area contributed by atoms with Gasteiger partial charge in [0.05, 0.1) is 22.9 Å². The third-order valence-electron chi connectivity index (χ3n) is 8.50. The first-order valence-electron chi connectivity index (χ1n) is 17.0. The number of H-pyrrole nitrogens is 1. The molecule has 1 saturated carbocycles. The van der Waals surface area contributed by atoms with Crippen molar-refractivity contribution in [3.05, 3.63) is 125 Å². The number of aromatic amines is 1. The number of alkyl carbamates (subject to hydrolysis) is 2.